The lowest BCUT2D eigenvalue weighted by atomic mass is 10.2. The molecule has 1 aromatic heterocycles. The van der Waals surface area contributed by atoms with Gasteiger partial charge >= 0.3 is 0 Å². The molecule has 0 saturated carbocycles. The van der Waals surface area contributed by atoms with Gasteiger partial charge in [0, 0.05) is 30.9 Å². The van der Waals surface area contributed by atoms with E-state index in [0.29, 0.717) is 18.0 Å². The summed E-state index contributed by atoms with van der Waals surface area (Å²) in [5.74, 6) is -0.0750. The van der Waals surface area contributed by atoms with Crippen molar-refractivity contribution in [1.29, 1.82) is 0 Å². The van der Waals surface area contributed by atoms with E-state index in [1.165, 1.54) is 27.8 Å². The Labute approximate surface area is 177 Å². The summed E-state index contributed by atoms with van der Waals surface area (Å²) >= 11 is 13.6. The van der Waals surface area contributed by atoms with Gasteiger partial charge in [-0.3, -0.25) is 4.79 Å². The van der Waals surface area contributed by atoms with Gasteiger partial charge in [-0.2, -0.15) is 4.31 Å². The predicted molar refractivity (Wildman–Crippen MR) is 113 cm³/mol. The van der Waals surface area contributed by atoms with Gasteiger partial charge in [-0.15, -0.1) is 11.3 Å². The maximum Gasteiger partial charge on any atom is 0.264 e. The van der Waals surface area contributed by atoms with Gasteiger partial charge < -0.3 is 4.90 Å². The Balaban J connectivity index is 1.50. The van der Waals surface area contributed by atoms with Crippen LogP contribution in [0.15, 0.2) is 53.4 Å². The molecule has 146 valence electrons. The van der Waals surface area contributed by atoms with E-state index in [2.05, 4.69) is 0 Å². The van der Waals surface area contributed by atoms with Crippen molar-refractivity contribution in [2.24, 2.45) is 0 Å². The maximum absolute atomic E-state index is 12.9. The van der Waals surface area contributed by atoms with Crippen LogP contribution >= 0.6 is 34.5 Å². The Morgan fingerprint density at radius 1 is 0.929 bits per heavy atom. The summed E-state index contributed by atoms with van der Waals surface area (Å²) in [6.07, 6.45) is 0. The number of piperazine rings is 1. The molecule has 1 aliphatic heterocycles. The van der Waals surface area contributed by atoms with Crippen LogP contribution in [0.5, 0.6) is 0 Å². The SMILES string of the molecule is O=C(c1cc2ccccc2s1)N1CCN(S(=O)(=O)c2c(Cl)cccc2Cl)CC1. The number of sulfonamides is 1. The fourth-order valence-electron chi connectivity index (χ4n) is 3.23. The van der Waals surface area contributed by atoms with Crippen LogP contribution in [0.25, 0.3) is 10.1 Å². The van der Waals surface area contributed by atoms with Gasteiger partial charge in [0.05, 0.1) is 14.9 Å². The van der Waals surface area contributed by atoms with Crippen LogP contribution in [0, 0.1) is 0 Å². The van der Waals surface area contributed by atoms with Crippen LogP contribution in [0.2, 0.25) is 10.0 Å². The molecule has 9 heteroatoms. The summed E-state index contributed by atoms with van der Waals surface area (Å²) < 4.78 is 28.3. The first-order valence-electron chi connectivity index (χ1n) is 8.60. The first-order valence-corrected chi connectivity index (χ1v) is 11.6. The number of nitrogens with zero attached hydrogens (tertiary/aromatic N) is 2. The molecule has 28 heavy (non-hydrogen) atoms. The van der Waals surface area contributed by atoms with Crippen LogP contribution in [0.3, 0.4) is 0 Å². The lowest BCUT2D eigenvalue weighted by Crippen LogP contribution is -2.50. The zero-order chi connectivity index (χ0) is 19.9. The van der Waals surface area contributed by atoms with Gasteiger partial charge in [0.1, 0.15) is 4.90 Å². The molecule has 5 nitrogen and oxygen atoms in total. The molecular weight excluding hydrogens is 439 g/mol. The number of amides is 1. The summed E-state index contributed by atoms with van der Waals surface area (Å²) in [6, 6.07) is 14.3. The van der Waals surface area contributed by atoms with Crippen molar-refractivity contribution in [2.45, 2.75) is 4.90 Å². The Morgan fingerprint density at radius 2 is 1.57 bits per heavy atom. The highest BCUT2D eigenvalue weighted by Gasteiger charge is 2.33. The molecule has 0 radical (unpaired) electrons. The minimum Gasteiger partial charge on any atom is -0.335 e. The lowest BCUT2D eigenvalue weighted by Gasteiger charge is -2.34. The van der Waals surface area contributed by atoms with Gasteiger partial charge in [-0.25, -0.2) is 8.42 Å². The summed E-state index contributed by atoms with van der Waals surface area (Å²) in [6.45, 7) is 1.02. The summed E-state index contributed by atoms with van der Waals surface area (Å²) in [5.41, 5.74) is 0. The number of benzene rings is 2. The molecule has 3 aromatic rings. The molecule has 4 rings (SSSR count). The van der Waals surface area contributed by atoms with E-state index >= 15 is 0 Å². The number of carbonyl (C=O) groups is 1. The molecule has 1 saturated heterocycles. The highest BCUT2D eigenvalue weighted by molar-refractivity contribution is 7.89. The fraction of sp³-hybridized carbons (Fsp3) is 0.211. The largest absolute Gasteiger partial charge is 0.335 e. The number of fused-ring (bicyclic) bond motifs is 1. The molecule has 1 fully saturated rings. The number of thiophene rings is 1. The molecule has 1 amide bonds. The van der Waals surface area contributed by atoms with Gasteiger partial charge in [0.25, 0.3) is 5.91 Å². The highest BCUT2D eigenvalue weighted by Crippen LogP contribution is 2.32. The molecule has 1 aliphatic rings. The standard InChI is InChI=1S/C19H16Cl2N2O3S2/c20-14-5-3-6-15(21)18(14)28(25,26)23-10-8-22(9-11-23)19(24)17-12-13-4-1-2-7-16(13)27-17/h1-7,12H,8-11H2. The van der Waals surface area contributed by atoms with Crippen LogP contribution in [0.4, 0.5) is 0 Å². The third-order valence-electron chi connectivity index (χ3n) is 4.68. The Kier molecular flexibility index (Phi) is 5.37. The van der Waals surface area contributed by atoms with Gasteiger partial charge in [0.15, 0.2) is 0 Å². The van der Waals surface area contributed by atoms with Gasteiger partial charge in [-0.1, -0.05) is 47.5 Å². The number of carbonyl (C=O) groups excluding carboxylic acids is 1. The molecule has 0 N–H and O–H groups in total. The molecular formula is C19H16Cl2N2O3S2. The lowest BCUT2D eigenvalue weighted by molar-refractivity contribution is 0.0703. The van der Waals surface area contributed by atoms with Crippen molar-refractivity contribution in [2.75, 3.05) is 26.2 Å². The summed E-state index contributed by atoms with van der Waals surface area (Å²) in [7, 11) is -3.82. The zero-order valence-electron chi connectivity index (χ0n) is 14.6. The minimum atomic E-state index is -3.82. The fourth-order valence-corrected chi connectivity index (χ4v) is 6.78. The van der Waals surface area contributed by atoms with Crippen LogP contribution in [-0.2, 0) is 10.0 Å². The molecule has 0 atom stereocenters. The summed E-state index contributed by atoms with van der Waals surface area (Å²) in [5, 5.41) is 1.22. The summed E-state index contributed by atoms with van der Waals surface area (Å²) in [4.78, 5) is 15.1. The zero-order valence-corrected chi connectivity index (χ0v) is 17.8. The molecule has 2 aromatic carbocycles. The first kappa shape index (κ1) is 19.7. The third-order valence-corrected chi connectivity index (χ3v) is 8.64. The first-order chi connectivity index (χ1) is 13.4. The second kappa shape index (κ2) is 7.65. The van der Waals surface area contributed by atoms with E-state index in [-0.39, 0.29) is 33.9 Å². The van der Waals surface area contributed by atoms with E-state index < -0.39 is 10.0 Å². The quantitative estimate of drug-likeness (QED) is 0.590. The van der Waals surface area contributed by atoms with E-state index in [0.717, 1.165) is 10.1 Å². The van der Waals surface area contributed by atoms with Gasteiger partial charge in [0.2, 0.25) is 10.0 Å². The molecule has 0 spiro atoms. The van der Waals surface area contributed by atoms with Crippen LogP contribution < -0.4 is 0 Å². The molecule has 0 aliphatic carbocycles. The second-order valence-electron chi connectivity index (χ2n) is 6.40. The predicted octanol–water partition coefficient (Wildman–Crippen LogP) is 4.35. The average Bonchev–Trinajstić information content (AvgIpc) is 3.11. The normalized spacial score (nSPS) is 15.9. The number of rotatable bonds is 3. The average molecular weight is 455 g/mol. The van der Waals surface area contributed by atoms with Crippen molar-refractivity contribution in [1.82, 2.24) is 9.21 Å². The van der Waals surface area contributed by atoms with Crippen molar-refractivity contribution >= 4 is 60.6 Å². The second-order valence-corrected chi connectivity index (χ2v) is 10.2. The smallest absolute Gasteiger partial charge is 0.264 e. The Bertz CT molecular complexity index is 1100. The molecule has 0 unspecified atom stereocenters. The Hall–Kier alpha value is -1.64. The monoisotopic (exact) mass is 454 g/mol. The van der Waals surface area contributed by atoms with Crippen LogP contribution in [-0.4, -0.2) is 49.7 Å². The van der Waals surface area contributed by atoms with Crippen molar-refractivity contribution < 1.29 is 13.2 Å². The van der Waals surface area contributed by atoms with Crippen molar-refractivity contribution in [3.05, 3.63) is 63.5 Å². The minimum absolute atomic E-state index is 0.0750. The maximum atomic E-state index is 12.9. The van der Waals surface area contributed by atoms with Gasteiger partial charge in [-0.05, 0) is 29.7 Å². The van der Waals surface area contributed by atoms with E-state index in [4.69, 9.17) is 23.2 Å². The number of hydrogen-bond acceptors (Lipinski definition) is 4. The molecule has 0 bridgehead atoms. The van der Waals surface area contributed by atoms with Crippen molar-refractivity contribution in [3.8, 4) is 0 Å². The van der Waals surface area contributed by atoms with E-state index in [1.54, 1.807) is 11.0 Å². The third kappa shape index (κ3) is 3.53. The van der Waals surface area contributed by atoms with Crippen molar-refractivity contribution in [3.63, 3.8) is 0 Å². The van der Waals surface area contributed by atoms with E-state index in [1.807, 2.05) is 30.3 Å². The Morgan fingerprint density at radius 3 is 2.21 bits per heavy atom. The topological polar surface area (TPSA) is 57.7 Å². The number of hydrogen-bond donors (Lipinski definition) is 0. The van der Waals surface area contributed by atoms with Crippen LogP contribution in [0.1, 0.15) is 9.67 Å². The highest BCUT2D eigenvalue weighted by atomic mass is 35.5. The number of halogens is 2. The van der Waals surface area contributed by atoms with E-state index in [9.17, 15) is 13.2 Å². The molecule has 2 heterocycles.